The molecule has 0 bridgehead atoms. The van der Waals surface area contributed by atoms with Crippen LogP contribution >= 0.6 is 15.9 Å². The van der Waals surface area contributed by atoms with Gasteiger partial charge in [-0.3, -0.25) is 0 Å². The molecular weight excluding hydrogens is 284 g/mol. The van der Waals surface area contributed by atoms with Crippen LogP contribution in [0.15, 0.2) is 16.6 Å². The Balaban J connectivity index is 3.39. The normalized spacial score (nSPS) is 10.0. The second-order valence-electron chi connectivity index (χ2n) is 2.82. The second kappa shape index (κ2) is 5.03. The third-order valence-corrected chi connectivity index (χ3v) is 2.55. The van der Waals surface area contributed by atoms with Crippen molar-refractivity contribution in [2.45, 2.75) is 6.43 Å². The van der Waals surface area contributed by atoms with E-state index in [1.54, 1.807) is 6.07 Å². The molecule has 3 nitrogen and oxygen atoms in total. The highest BCUT2D eigenvalue weighted by Gasteiger charge is 2.20. The molecule has 0 unspecified atom stereocenters. The maximum Gasteiger partial charge on any atom is 0.337 e. The van der Waals surface area contributed by atoms with E-state index >= 15 is 0 Å². The van der Waals surface area contributed by atoms with Gasteiger partial charge in [0, 0.05) is 10.0 Å². The summed E-state index contributed by atoms with van der Waals surface area (Å²) in [6, 6.07) is 3.90. The number of rotatable bonds is 2. The van der Waals surface area contributed by atoms with Crippen molar-refractivity contribution in [1.82, 2.24) is 0 Å². The summed E-state index contributed by atoms with van der Waals surface area (Å²) >= 11 is 2.90. The zero-order chi connectivity index (χ0) is 12.3. The summed E-state index contributed by atoms with van der Waals surface area (Å²) < 4.78 is 29.6. The Morgan fingerprint density at radius 2 is 2.19 bits per heavy atom. The SMILES string of the molecule is COC(=O)c1cc(Br)c(C(F)F)c(C#N)c1. The molecule has 0 atom stereocenters. The van der Waals surface area contributed by atoms with Crippen LogP contribution < -0.4 is 0 Å². The summed E-state index contributed by atoms with van der Waals surface area (Å²) in [6.45, 7) is 0. The number of alkyl halides is 2. The number of hydrogen-bond acceptors (Lipinski definition) is 3. The van der Waals surface area contributed by atoms with Gasteiger partial charge in [-0.2, -0.15) is 5.26 Å². The van der Waals surface area contributed by atoms with Gasteiger partial charge in [0.2, 0.25) is 0 Å². The number of hydrogen-bond donors (Lipinski definition) is 0. The van der Waals surface area contributed by atoms with Crippen molar-refractivity contribution in [2.24, 2.45) is 0 Å². The lowest BCUT2D eigenvalue weighted by Gasteiger charge is -2.07. The van der Waals surface area contributed by atoms with Crippen LogP contribution in [0.3, 0.4) is 0 Å². The van der Waals surface area contributed by atoms with Crippen molar-refractivity contribution in [1.29, 1.82) is 5.26 Å². The highest BCUT2D eigenvalue weighted by molar-refractivity contribution is 9.10. The second-order valence-corrected chi connectivity index (χ2v) is 3.68. The molecule has 0 spiro atoms. The van der Waals surface area contributed by atoms with E-state index < -0.39 is 18.0 Å². The van der Waals surface area contributed by atoms with Gasteiger partial charge < -0.3 is 4.74 Å². The number of ether oxygens (including phenoxy) is 1. The van der Waals surface area contributed by atoms with Crippen LogP contribution in [0.4, 0.5) is 8.78 Å². The number of carbonyl (C=O) groups is 1. The maximum atomic E-state index is 12.6. The summed E-state index contributed by atoms with van der Waals surface area (Å²) in [5.41, 5.74) is -0.616. The largest absolute Gasteiger partial charge is 0.465 e. The Labute approximate surface area is 98.8 Å². The smallest absolute Gasteiger partial charge is 0.337 e. The number of nitrogens with zero attached hydrogens (tertiary/aromatic N) is 1. The maximum absolute atomic E-state index is 12.6. The molecule has 0 saturated carbocycles. The number of nitriles is 1. The molecule has 0 radical (unpaired) electrons. The van der Waals surface area contributed by atoms with Crippen LogP contribution in [0.2, 0.25) is 0 Å². The Morgan fingerprint density at radius 1 is 1.56 bits per heavy atom. The minimum Gasteiger partial charge on any atom is -0.465 e. The monoisotopic (exact) mass is 289 g/mol. The van der Waals surface area contributed by atoms with Gasteiger partial charge in [-0.1, -0.05) is 15.9 Å². The Bertz CT molecular complexity index is 469. The fourth-order valence-electron chi connectivity index (χ4n) is 1.17. The number of esters is 1. The van der Waals surface area contributed by atoms with Gasteiger partial charge >= 0.3 is 5.97 Å². The van der Waals surface area contributed by atoms with E-state index in [2.05, 4.69) is 20.7 Å². The van der Waals surface area contributed by atoms with Crippen molar-refractivity contribution >= 4 is 21.9 Å². The quantitative estimate of drug-likeness (QED) is 0.786. The van der Waals surface area contributed by atoms with Gasteiger partial charge in [-0.25, -0.2) is 13.6 Å². The predicted molar refractivity (Wildman–Crippen MR) is 55.2 cm³/mol. The Morgan fingerprint density at radius 3 is 2.62 bits per heavy atom. The fourth-order valence-corrected chi connectivity index (χ4v) is 1.80. The summed E-state index contributed by atoms with van der Waals surface area (Å²) in [5.74, 6) is -0.682. The summed E-state index contributed by atoms with van der Waals surface area (Å²) in [5, 5.41) is 8.71. The summed E-state index contributed by atoms with van der Waals surface area (Å²) in [4.78, 5) is 11.2. The van der Waals surface area contributed by atoms with E-state index in [0.29, 0.717) is 0 Å². The molecular formula is C10H6BrF2NO2. The molecule has 1 rings (SSSR count). The van der Waals surface area contributed by atoms with Gasteiger partial charge in [0.1, 0.15) is 0 Å². The van der Waals surface area contributed by atoms with Crippen molar-refractivity contribution < 1.29 is 18.3 Å². The average molecular weight is 290 g/mol. The molecule has 0 aliphatic carbocycles. The van der Waals surface area contributed by atoms with E-state index in [0.717, 1.165) is 6.07 Å². The van der Waals surface area contributed by atoms with E-state index in [1.165, 1.54) is 13.2 Å². The van der Waals surface area contributed by atoms with E-state index in [4.69, 9.17) is 5.26 Å². The Hall–Kier alpha value is -1.48. The lowest BCUT2D eigenvalue weighted by Crippen LogP contribution is -2.04. The van der Waals surface area contributed by atoms with Crippen LogP contribution in [0.1, 0.15) is 27.9 Å². The molecule has 84 valence electrons. The van der Waals surface area contributed by atoms with Gasteiger partial charge in [0.05, 0.1) is 24.3 Å². The fraction of sp³-hybridized carbons (Fsp3) is 0.200. The number of methoxy groups -OCH3 is 1. The van der Waals surface area contributed by atoms with Crippen molar-refractivity contribution in [3.05, 3.63) is 33.3 Å². The molecule has 0 aliphatic heterocycles. The van der Waals surface area contributed by atoms with Crippen LogP contribution in [0, 0.1) is 11.3 Å². The minimum absolute atomic E-state index is 0.0157. The van der Waals surface area contributed by atoms with Gasteiger partial charge in [-0.15, -0.1) is 0 Å². The molecule has 1 aromatic rings. The van der Waals surface area contributed by atoms with Crippen LogP contribution in [-0.4, -0.2) is 13.1 Å². The Kier molecular flexibility index (Phi) is 3.96. The lowest BCUT2D eigenvalue weighted by atomic mass is 10.1. The number of halogens is 3. The van der Waals surface area contributed by atoms with E-state index in [1.807, 2.05) is 0 Å². The standard InChI is InChI=1S/C10H6BrF2NO2/c1-16-10(15)5-2-6(4-14)8(9(12)13)7(11)3-5/h2-3,9H,1H3. The van der Waals surface area contributed by atoms with Gasteiger partial charge in [0.15, 0.2) is 0 Å². The predicted octanol–water partition coefficient (Wildman–Crippen LogP) is 3.04. The highest BCUT2D eigenvalue weighted by Crippen LogP contribution is 2.31. The number of carbonyl (C=O) groups excluding carboxylic acids is 1. The first-order valence-corrected chi connectivity index (χ1v) is 4.90. The van der Waals surface area contributed by atoms with Gasteiger partial charge in [-0.05, 0) is 12.1 Å². The summed E-state index contributed by atoms with van der Waals surface area (Å²) in [7, 11) is 1.17. The first-order valence-electron chi connectivity index (χ1n) is 4.11. The van der Waals surface area contributed by atoms with Crippen molar-refractivity contribution in [3.8, 4) is 6.07 Å². The average Bonchev–Trinajstić information content (AvgIpc) is 2.26. The minimum atomic E-state index is -2.78. The third-order valence-electron chi connectivity index (χ3n) is 1.89. The van der Waals surface area contributed by atoms with Crippen LogP contribution in [-0.2, 0) is 4.74 Å². The van der Waals surface area contributed by atoms with E-state index in [9.17, 15) is 13.6 Å². The van der Waals surface area contributed by atoms with Gasteiger partial charge in [0.25, 0.3) is 6.43 Å². The number of benzene rings is 1. The lowest BCUT2D eigenvalue weighted by molar-refractivity contribution is 0.0600. The zero-order valence-corrected chi connectivity index (χ0v) is 9.72. The molecule has 0 aromatic heterocycles. The third kappa shape index (κ3) is 2.36. The van der Waals surface area contributed by atoms with Crippen molar-refractivity contribution in [3.63, 3.8) is 0 Å². The molecule has 16 heavy (non-hydrogen) atoms. The molecule has 0 saturated heterocycles. The molecule has 0 aliphatic rings. The molecule has 0 amide bonds. The molecule has 0 fully saturated rings. The molecule has 0 N–H and O–H groups in total. The first kappa shape index (κ1) is 12.6. The first-order chi connectivity index (χ1) is 7.51. The molecule has 0 heterocycles. The van der Waals surface area contributed by atoms with Crippen LogP contribution in [0.25, 0.3) is 0 Å². The van der Waals surface area contributed by atoms with Crippen LogP contribution in [0.5, 0.6) is 0 Å². The topological polar surface area (TPSA) is 50.1 Å². The molecule has 6 heteroatoms. The molecule has 1 aromatic carbocycles. The van der Waals surface area contributed by atoms with Crippen molar-refractivity contribution in [2.75, 3.05) is 7.11 Å². The highest BCUT2D eigenvalue weighted by atomic mass is 79.9. The zero-order valence-electron chi connectivity index (χ0n) is 8.13. The van der Waals surface area contributed by atoms with E-state index in [-0.39, 0.29) is 15.6 Å². The summed E-state index contributed by atoms with van der Waals surface area (Å²) in [6.07, 6.45) is -2.78.